The molecule has 0 unspecified atom stereocenters. The number of rotatable bonds is 3. The Kier molecular flexibility index (Phi) is 2.65. The molecule has 8 nitrogen and oxygen atoms in total. The lowest BCUT2D eigenvalue weighted by atomic mass is 10.3. The molecule has 2 amide bonds. The van der Waals surface area contributed by atoms with Gasteiger partial charge in [0.05, 0.1) is 6.54 Å². The van der Waals surface area contributed by atoms with Gasteiger partial charge in [-0.2, -0.15) is 0 Å². The van der Waals surface area contributed by atoms with E-state index in [0.29, 0.717) is 0 Å². The minimum Gasteiger partial charge on any atom is -0.379 e. The van der Waals surface area contributed by atoms with Crippen LogP contribution in [0.3, 0.4) is 0 Å². The molecule has 0 saturated carbocycles. The molecule has 0 atom stereocenters. The van der Waals surface area contributed by atoms with Gasteiger partial charge in [0.15, 0.2) is 0 Å². The van der Waals surface area contributed by atoms with E-state index in [1.807, 2.05) is 0 Å². The number of carbonyl (C=O) groups excluding carboxylic acids is 2. The van der Waals surface area contributed by atoms with Crippen LogP contribution in [0.5, 0.6) is 0 Å². The number of primary amides is 1. The molecule has 0 fully saturated rings. The predicted molar refractivity (Wildman–Crippen MR) is 44.9 cm³/mol. The highest BCUT2D eigenvalue weighted by molar-refractivity contribution is 5.97. The highest BCUT2D eigenvalue weighted by Crippen LogP contribution is 2.06. The summed E-state index contributed by atoms with van der Waals surface area (Å²) in [6, 6.07) is 0. The number of hydrogen-bond donors (Lipinski definition) is 2. The first-order valence-corrected chi connectivity index (χ1v) is 3.64. The fourth-order valence-electron chi connectivity index (χ4n) is 0.830. The van der Waals surface area contributed by atoms with Gasteiger partial charge in [-0.05, 0) is 10.3 Å². The molecule has 1 aromatic rings. The lowest BCUT2D eigenvalue weighted by molar-refractivity contribution is -0.118. The van der Waals surface area contributed by atoms with E-state index >= 15 is 0 Å². The van der Waals surface area contributed by atoms with Crippen molar-refractivity contribution < 1.29 is 14.2 Å². The maximum absolute atomic E-state index is 11.4. The molecule has 1 aromatic heterocycles. The van der Waals surface area contributed by atoms with Gasteiger partial charge in [0.1, 0.15) is 0 Å². The van der Waals surface area contributed by atoms with Gasteiger partial charge in [0, 0.05) is 7.05 Å². The van der Waals surface area contributed by atoms with Crippen LogP contribution in [-0.4, -0.2) is 40.6 Å². The number of likely N-dealkylation sites (N-methyl/N-ethyl adjacent to an activating group) is 1. The van der Waals surface area contributed by atoms with Gasteiger partial charge in [-0.15, -0.1) is 0 Å². The number of hydrogen-bond acceptors (Lipinski definition) is 6. The van der Waals surface area contributed by atoms with Crippen molar-refractivity contribution in [1.29, 1.82) is 0 Å². The summed E-state index contributed by atoms with van der Waals surface area (Å²) in [5.41, 5.74) is 10.0. The number of nitrogen functional groups attached to an aromatic ring is 1. The van der Waals surface area contributed by atoms with Crippen LogP contribution in [0.15, 0.2) is 4.63 Å². The lowest BCUT2D eigenvalue weighted by Gasteiger charge is -2.12. The van der Waals surface area contributed by atoms with Crippen molar-refractivity contribution in [1.82, 2.24) is 15.2 Å². The Morgan fingerprint density at radius 2 is 2.14 bits per heavy atom. The Morgan fingerprint density at radius 1 is 1.50 bits per heavy atom. The molecule has 0 radical (unpaired) electrons. The summed E-state index contributed by atoms with van der Waals surface area (Å²) >= 11 is 0. The fourth-order valence-corrected chi connectivity index (χ4v) is 0.830. The standard InChI is InChI=1S/C6H9N5O3/c1-11(2-3(7)12)6(13)4-5(8)10-14-9-4/h2H2,1H3,(H2,7,12)(H2,8,10). The summed E-state index contributed by atoms with van der Waals surface area (Å²) in [5, 5.41) is 6.52. The van der Waals surface area contributed by atoms with Gasteiger partial charge in [-0.3, -0.25) is 9.59 Å². The summed E-state index contributed by atoms with van der Waals surface area (Å²) in [7, 11) is 1.39. The third-order valence-corrected chi connectivity index (χ3v) is 1.46. The minimum absolute atomic E-state index is 0.119. The maximum Gasteiger partial charge on any atom is 0.280 e. The maximum atomic E-state index is 11.4. The van der Waals surface area contributed by atoms with E-state index in [9.17, 15) is 9.59 Å². The molecular weight excluding hydrogens is 190 g/mol. The van der Waals surface area contributed by atoms with Crippen molar-refractivity contribution in [3.8, 4) is 0 Å². The molecule has 0 aromatic carbocycles. The molecule has 14 heavy (non-hydrogen) atoms. The normalized spacial score (nSPS) is 9.79. The number of nitrogens with zero attached hydrogens (tertiary/aromatic N) is 3. The molecule has 1 heterocycles. The second-order valence-corrected chi connectivity index (χ2v) is 2.63. The topological polar surface area (TPSA) is 128 Å². The first-order valence-electron chi connectivity index (χ1n) is 3.64. The minimum atomic E-state index is -0.629. The number of carbonyl (C=O) groups is 2. The average molecular weight is 199 g/mol. The number of aromatic nitrogens is 2. The molecule has 76 valence electrons. The van der Waals surface area contributed by atoms with Crippen molar-refractivity contribution in [3.05, 3.63) is 5.69 Å². The highest BCUT2D eigenvalue weighted by Gasteiger charge is 2.20. The van der Waals surface area contributed by atoms with E-state index in [0.717, 1.165) is 4.90 Å². The molecule has 4 N–H and O–H groups in total. The Morgan fingerprint density at radius 3 is 2.57 bits per heavy atom. The van der Waals surface area contributed by atoms with Crippen LogP contribution >= 0.6 is 0 Å². The monoisotopic (exact) mass is 199 g/mol. The van der Waals surface area contributed by atoms with E-state index in [2.05, 4.69) is 14.9 Å². The number of amides is 2. The Balaban J connectivity index is 2.76. The molecule has 8 heteroatoms. The van der Waals surface area contributed by atoms with Gasteiger partial charge in [0.2, 0.25) is 17.4 Å². The smallest absolute Gasteiger partial charge is 0.280 e. The second-order valence-electron chi connectivity index (χ2n) is 2.63. The second kappa shape index (κ2) is 3.73. The molecule has 0 aliphatic rings. The van der Waals surface area contributed by atoms with Gasteiger partial charge in [-0.1, -0.05) is 0 Å². The molecule has 0 bridgehead atoms. The van der Waals surface area contributed by atoms with Crippen molar-refractivity contribution in [3.63, 3.8) is 0 Å². The SMILES string of the molecule is CN(CC(N)=O)C(=O)c1nonc1N. The Bertz CT molecular complexity index is 360. The quantitative estimate of drug-likeness (QED) is 0.591. The predicted octanol–water partition coefficient (Wildman–Crippen LogP) is -1.79. The van der Waals surface area contributed by atoms with Crippen LogP contribution in [0.1, 0.15) is 10.5 Å². The summed E-state index contributed by atoms with van der Waals surface area (Å²) in [6.07, 6.45) is 0. The Hall–Kier alpha value is -2.12. The summed E-state index contributed by atoms with van der Waals surface area (Å²) in [6.45, 7) is -0.217. The van der Waals surface area contributed by atoms with E-state index < -0.39 is 11.8 Å². The van der Waals surface area contributed by atoms with E-state index in [1.165, 1.54) is 7.05 Å². The molecular formula is C6H9N5O3. The zero-order valence-electron chi connectivity index (χ0n) is 7.43. The molecule has 0 aliphatic heterocycles. The van der Waals surface area contributed by atoms with Gasteiger partial charge < -0.3 is 16.4 Å². The van der Waals surface area contributed by atoms with Crippen LogP contribution in [0, 0.1) is 0 Å². The highest BCUT2D eigenvalue weighted by atomic mass is 16.6. The third-order valence-electron chi connectivity index (χ3n) is 1.46. The number of anilines is 1. The van der Waals surface area contributed by atoms with E-state index in [1.54, 1.807) is 0 Å². The molecule has 0 spiro atoms. The van der Waals surface area contributed by atoms with Crippen molar-refractivity contribution in [2.24, 2.45) is 5.73 Å². The van der Waals surface area contributed by atoms with E-state index in [4.69, 9.17) is 11.5 Å². The van der Waals surface area contributed by atoms with Crippen molar-refractivity contribution >= 4 is 17.6 Å². The first-order chi connectivity index (χ1) is 6.52. The molecule has 0 saturated heterocycles. The van der Waals surface area contributed by atoms with Crippen LogP contribution in [-0.2, 0) is 4.79 Å². The molecule has 0 aliphatic carbocycles. The summed E-state index contributed by atoms with van der Waals surface area (Å²) < 4.78 is 4.23. The average Bonchev–Trinajstić information content (AvgIpc) is 2.48. The van der Waals surface area contributed by atoms with Crippen LogP contribution in [0.2, 0.25) is 0 Å². The zero-order chi connectivity index (χ0) is 10.7. The van der Waals surface area contributed by atoms with E-state index in [-0.39, 0.29) is 18.1 Å². The van der Waals surface area contributed by atoms with Crippen LogP contribution in [0.4, 0.5) is 5.82 Å². The van der Waals surface area contributed by atoms with Crippen molar-refractivity contribution in [2.75, 3.05) is 19.3 Å². The lowest BCUT2D eigenvalue weighted by Crippen LogP contribution is -2.35. The van der Waals surface area contributed by atoms with Gasteiger partial charge >= 0.3 is 0 Å². The van der Waals surface area contributed by atoms with Crippen LogP contribution < -0.4 is 11.5 Å². The summed E-state index contributed by atoms with van der Waals surface area (Å²) in [5.74, 6) is -1.32. The first kappa shape index (κ1) is 9.96. The Labute approximate surface area is 78.8 Å². The van der Waals surface area contributed by atoms with Crippen LogP contribution in [0.25, 0.3) is 0 Å². The third kappa shape index (κ3) is 1.97. The fraction of sp³-hybridized carbons (Fsp3) is 0.333. The zero-order valence-corrected chi connectivity index (χ0v) is 7.43. The number of nitrogens with two attached hydrogens (primary N) is 2. The molecule has 1 rings (SSSR count). The van der Waals surface area contributed by atoms with Crippen molar-refractivity contribution in [2.45, 2.75) is 0 Å². The van der Waals surface area contributed by atoms with Gasteiger partial charge in [0.25, 0.3) is 5.91 Å². The van der Waals surface area contributed by atoms with Gasteiger partial charge in [-0.25, -0.2) is 4.63 Å². The summed E-state index contributed by atoms with van der Waals surface area (Å²) in [4.78, 5) is 23.0. The largest absolute Gasteiger partial charge is 0.379 e.